The van der Waals surface area contributed by atoms with Gasteiger partial charge in [0, 0.05) is 17.9 Å². The maximum atomic E-state index is 5.59. The fraction of sp³-hybridized carbons (Fsp3) is 0.750. The van der Waals surface area contributed by atoms with Gasteiger partial charge in [-0.3, -0.25) is 0 Å². The zero-order chi connectivity index (χ0) is 11.6. The second kappa shape index (κ2) is 8.67. The molecule has 0 bridgehead atoms. The Morgan fingerprint density at radius 2 is 2.25 bits per heavy atom. The molecule has 92 valence electrons. The van der Waals surface area contributed by atoms with E-state index in [0.29, 0.717) is 0 Å². The molecule has 0 aliphatic rings. The van der Waals surface area contributed by atoms with Crippen LogP contribution in [0.25, 0.3) is 0 Å². The number of nitrogens with zero attached hydrogens (tertiary/aromatic N) is 1. The van der Waals surface area contributed by atoms with E-state index in [2.05, 4.69) is 24.1 Å². The maximum Gasteiger partial charge on any atom is 0.0797 e. The summed E-state index contributed by atoms with van der Waals surface area (Å²) in [4.78, 5) is 5.57. The lowest BCUT2D eigenvalue weighted by molar-refractivity contribution is 0.133. The molecule has 0 radical (unpaired) electrons. The summed E-state index contributed by atoms with van der Waals surface area (Å²) in [7, 11) is 0. The van der Waals surface area contributed by atoms with E-state index in [1.54, 1.807) is 11.3 Å². The van der Waals surface area contributed by atoms with Crippen LogP contribution < -0.4 is 5.32 Å². The van der Waals surface area contributed by atoms with Crippen LogP contribution in [0.4, 0.5) is 0 Å². The Morgan fingerprint density at radius 1 is 1.38 bits per heavy atom. The Morgan fingerprint density at radius 3 is 2.94 bits per heavy atom. The number of nitrogens with one attached hydrogen (secondary N) is 1. The van der Waals surface area contributed by atoms with Crippen molar-refractivity contribution in [3.05, 3.63) is 16.1 Å². The van der Waals surface area contributed by atoms with Crippen molar-refractivity contribution in [1.29, 1.82) is 0 Å². The van der Waals surface area contributed by atoms with Crippen LogP contribution in [-0.4, -0.2) is 31.3 Å². The van der Waals surface area contributed by atoms with Gasteiger partial charge in [-0.2, -0.15) is 0 Å². The molecule has 16 heavy (non-hydrogen) atoms. The van der Waals surface area contributed by atoms with E-state index < -0.39 is 0 Å². The highest BCUT2D eigenvalue weighted by molar-refractivity contribution is 7.09. The highest BCUT2D eigenvalue weighted by Crippen LogP contribution is 2.12. The fourth-order valence-corrected chi connectivity index (χ4v) is 2.23. The first-order valence-electron chi connectivity index (χ1n) is 6.02. The summed E-state index contributed by atoms with van der Waals surface area (Å²) >= 11 is 1.72. The molecule has 1 rings (SSSR count). The van der Waals surface area contributed by atoms with E-state index in [-0.39, 0.29) is 0 Å². The largest absolute Gasteiger partial charge is 0.381 e. The first-order chi connectivity index (χ1) is 7.84. The smallest absolute Gasteiger partial charge is 0.0797 e. The molecule has 0 unspecified atom stereocenters. The van der Waals surface area contributed by atoms with Gasteiger partial charge in [0.1, 0.15) is 0 Å². The van der Waals surface area contributed by atoms with Crippen LogP contribution in [0.15, 0.2) is 5.51 Å². The van der Waals surface area contributed by atoms with Crippen LogP contribution in [0.1, 0.15) is 30.3 Å². The maximum absolute atomic E-state index is 5.59. The first kappa shape index (κ1) is 13.6. The lowest BCUT2D eigenvalue weighted by Gasteiger charge is -2.04. The average Bonchev–Trinajstić information content (AvgIpc) is 2.68. The minimum absolute atomic E-state index is 0.824. The van der Waals surface area contributed by atoms with Gasteiger partial charge in [0.15, 0.2) is 0 Å². The van der Waals surface area contributed by atoms with Gasteiger partial charge in [-0.15, -0.1) is 11.3 Å². The summed E-state index contributed by atoms with van der Waals surface area (Å²) in [5.74, 6) is 0. The van der Waals surface area contributed by atoms with Gasteiger partial charge in [-0.25, -0.2) is 4.98 Å². The summed E-state index contributed by atoms with van der Waals surface area (Å²) in [6, 6.07) is 0. The zero-order valence-electron chi connectivity index (χ0n) is 10.3. The third-order valence-electron chi connectivity index (χ3n) is 2.46. The molecule has 1 N–H and O–H groups in total. The Labute approximate surface area is 102 Å². The number of hydrogen-bond acceptors (Lipinski definition) is 4. The van der Waals surface area contributed by atoms with E-state index in [0.717, 1.165) is 44.8 Å². The third kappa shape index (κ3) is 5.58. The number of ether oxygens (including phenoxy) is 1. The molecule has 0 aliphatic heterocycles. The second-order valence-corrected chi connectivity index (χ2v) is 4.72. The third-order valence-corrected chi connectivity index (χ3v) is 3.46. The lowest BCUT2D eigenvalue weighted by Crippen LogP contribution is -2.14. The zero-order valence-corrected chi connectivity index (χ0v) is 11.1. The van der Waals surface area contributed by atoms with Gasteiger partial charge in [-0.1, -0.05) is 6.92 Å². The molecule has 0 saturated heterocycles. The molecular formula is C12H22N2OS. The molecule has 1 heterocycles. The Hall–Kier alpha value is -0.450. The van der Waals surface area contributed by atoms with Crippen molar-refractivity contribution in [3.63, 3.8) is 0 Å². The molecule has 3 nitrogen and oxygen atoms in total. The van der Waals surface area contributed by atoms with Gasteiger partial charge in [0.2, 0.25) is 0 Å². The van der Waals surface area contributed by atoms with Crippen molar-refractivity contribution in [2.24, 2.45) is 0 Å². The molecule has 4 heteroatoms. The normalized spacial score (nSPS) is 10.9. The van der Waals surface area contributed by atoms with E-state index in [1.807, 2.05) is 5.51 Å². The molecule has 0 fully saturated rings. The molecule has 0 saturated carbocycles. The standard InChI is InChI=1S/C12H22N2OS/c1-3-13-7-4-5-8-15-9-6-12-11(2)14-10-16-12/h10,13H,3-9H2,1-2H3. The van der Waals surface area contributed by atoms with Gasteiger partial charge < -0.3 is 10.1 Å². The van der Waals surface area contributed by atoms with Crippen LogP contribution >= 0.6 is 11.3 Å². The molecule has 0 amide bonds. The van der Waals surface area contributed by atoms with Crippen molar-refractivity contribution in [2.45, 2.75) is 33.1 Å². The van der Waals surface area contributed by atoms with E-state index in [4.69, 9.17) is 4.74 Å². The van der Waals surface area contributed by atoms with Crippen LogP contribution in [0.5, 0.6) is 0 Å². The number of hydrogen-bond donors (Lipinski definition) is 1. The van der Waals surface area contributed by atoms with Crippen LogP contribution in [-0.2, 0) is 11.2 Å². The Balaban J connectivity index is 1.91. The minimum atomic E-state index is 0.824. The number of aryl methyl sites for hydroxylation is 1. The molecule has 0 aromatic carbocycles. The predicted octanol–water partition coefficient (Wildman–Crippen LogP) is 2.40. The highest BCUT2D eigenvalue weighted by atomic mass is 32.1. The van der Waals surface area contributed by atoms with Crippen molar-refractivity contribution in [2.75, 3.05) is 26.3 Å². The molecule has 1 aromatic rings. The first-order valence-corrected chi connectivity index (χ1v) is 6.90. The van der Waals surface area contributed by atoms with Crippen molar-refractivity contribution in [3.8, 4) is 0 Å². The van der Waals surface area contributed by atoms with E-state index in [9.17, 15) is 0 Å². The van der Waals surface area contributed by atoms with E-state index >= 15 is 0 Å². The summed E-state index contributed by atoms with van der Waals surface area (Å²) in [6.07, 6.45) is 3.35. The molecule has 0 spiro atoms. The van der Waals surface area contributed by atoms with Gasteiger partial charge >= 0.3 is 0 Å². The SMILES string of the molecule is CCNCCCCOCCc1scnc1C. The van der Waals surface area contributed by atoms with Crippen molar-refractivity contribution < 1.29 is 4.74 Å². The summed E-state index contributed by atoms with van der Waals surface area (Å²) in [6.45, 7) is 8.06. The second-order valence-electron chi connectivity index (χ2n) is 3.78. The quantitative estimate of drug-likeness (QED) is 0.675. The topological polar surface area (TPSA) is 34.1 Å². The monoisotopic (exact) mass is 242 g/mol. The molecule has 0 aliphatic carbocycles. The van der Waals surface area contributed by atoms with Gasteiger partial charge in [0.25, 0.3) is 0 Å². The van der Waals surface area contributed by atoms with Crippen molar-refractivity contribution >= 4 is 11.3 Å². The molecular weight excluding hydrogens is 220 g/mol. The van der Waals surface area contributed by atoms with Crippen LogP contribution in [0.3, 0.4) is 0 Å². The fourth-order valence-electron chi connectivity index (χ4n) is 1.46. The van der Waals surface area contributed by atoms with Gasteiger partial charge in [-0.05, 0) is 32.9 Å². The van der Waals surface area contributed by atoms with E-state index in [1.165, 1.54) is 11.3 Å². The Bertz CT molecular complexity index is 276. The summed E-state index contributed by atoms with van der Waals surface area (Å²) < 4.78 is 5.59. The average molecular weight is 242 g/mol. The minimum Gasteiger partial charge on any atom is -0.381 e. The van der Waals surface area contributed by atoms with Crippen LogP contribution in [0.2, 0.25) is 0 Å². The Kier molecular flexibility index (Phi) is 7.38. The predicted molar refractivity (Wildman–Crippen MR) is 69.2 cm³/mol. The number of unbranched alkanes of at least 4 members (excludes halogenated alkanes) is 1. The lowest BCUT2D eigenvalue weighted by atomic mass is 10.3. The number of rotatable bonds is 9. The highest BCUT2D eigenvalue weighted by Gasteiger charge is 2.00. The molecule has 0 atom stereocenters. The van der Waals surface area contributed by atoms with Crippen molar-refractivity contribution in [1.82, 2.24) is 10.3 Å². The summed E-state index contributed by atoms with van der Waals surface area (Å²) in [5, 5.41) is 3.31. The molecule has 1 aromatic heterocycles. The summed E-state index contributed by atoms with van der Waals surface area (Å²) in [5.41, 5.74) is 3.06. The number of aromatic nitrogens is 1. The number of thiazole rings is 1. The van der Waals surface area contributed by atoms with Gasteiger partial charge in [0.05, 0.1) is 17.8 Å². The van der Waals surface area contributed by atoms with Crippen LogP contribution in [0, 0.1) is 6.92 Å².